The fourth-order valence-electron chi connectivity index (χ4n) is 2.64. The molecule has 0 aromatic heterocycles. The molecule has 1 aromatic rings. The number of nitrogens with one attached hydrogen (secondary N) is 1. The van der Waals surface area contributed by atoms with Crippen molar-refractivity contribution in [3.63, 3.8) is 0 Å². The van der Waals surface area contributed by atoms with E-state index in [4.69, 9.17) is 5.73 Å². The van der Waals surface area contributed by atoms with E-state index < -0.39 is 22.2 Å². The molecule has 1 fully saturated rings. The first-order chi connectivity index (χ1) is 9.90. The molecule has 2 rings (SSSR count). The number of benzene rings is 1. The molecule has 3 atom stereocenters. The molecule has 21 heavy (non-hydrogen) atoms. The zero-order chi connectivity index (χ0) is 15.5. The van der Waals surface area contributed by atoms with E-state index in [9.17, 15) is 13.5 Å². The summed E-state index contributed by atoms with van der Waals surface area (Å²) in [7, 11) is -3.60. The fourth-order valence-corrected chi connectivity index (χ4v) is 3.95. The van der Waals surface area contributed by atoms with E-state index in [-0.39, 0.29) is 10.9 Å². The highest BCUT2D eigenvalue weighted by atomic mass is 32.2. The van der Waals surface area contributed by atoms with E-state index in [1.54, 1.807) is 24.3 Å². The number of hydrogen-bond donors (Lipinski definition) is 3. The maximum Gasteiger partial charge on any atom is 0.240 e. The predicted molar refractivity (Wildman–Crippen MR) is 82.2 cm³/mol. The van der Waals surface area contributed by atoms with Crippen molar-refractivity contribution in [1.82, 2.24) is 4.72 Å². The van der Waals surface area contributed by atoms with Gasteiger partial charge in [0.25, 0.3) is 0 Å². The monoisotopic (exact) mass is 312 g/mol. The van der Waals surface area contributed by atoms with Gasteiger partial charge in [0.05, 0.1) is 11.0 Å². The molecule has 0 aliphatic heterocycles. The normalized spacial score (nSPS) is 25.3. The number of rotatable bonds is 4. The number of aliphatic hydroxyl groups is 1. The Balaban J connectivity index is 2.13. The minimum Gasteiger partial charge on any atom is -0.391 e. The molecule has 0 bridgehead atoms. The largest absolute Gasteiger partial charge is 0.391 e. The lowest BCUT2D eigenvalue weighted by Crippen LogP contribution is -2.42. The molecule has 1 aliphatic rings. The van der Waals surface area contributed by atoms with Gasteiger partial charge in [-0.25, -0.2) is 13.1 Å². The van der Waals surface area contributed by atoms with Crippen LogP contribution in [0.5, 0.6) is 0 Å². The molecule has 1 aromatic carbocycles. The van der Waals surface area contributed by atoms with E-state index in [1.165, 1.54) is 0 Å². The highest BCUT2D eigenvalue weighted by Gasteiger charge is 2.27. The summed E-state index contributed by atoms with van der Waals surface area (Å²) < 4.78 is 27.4. The Morgan fingerprint density at radius 3 is 2.43 bits per heavy atom. The van der Waals surface area contributed by atoms with Gasteiger partial charge in [-0.2, -0.15) is 0 Å². The molecule has 0 saturated heterocycles. The molecule has 1 aliphatic carbocycles. The first-order valence-electron chi connectivity index (χ1n) is 7.46. The first kappa shape index (κ1) is 16.4. The van der Waals surface area contributed by atoms with E-state index in [1.807, 2.05) is 6.92 Å². The second kappa shape index (κ2) is 6.87. The van der Waals surface area contributed by atoms with Crippen LogP contribution in [0.15, 0.2) is 29.2 Å². The van der Waals surface area contributed by atoms with Gasteiger partial charge in [0.1, 0.15) is 0 Å². The fraction of sp³-hybridized carbons (Fsp3) is 0.600. The van der Waals surface area contributed by atoms with Crippen molar-refractivity contribution < 1.29 is 13.5 Å². The molecule has 0 spiro atoms. The second-order valence-electron chi connectivity index (χ2n) is 5.79. The molecule has 6 heteroatoms. The lowest BCUT2D eigenvalue weighted by molar-refractivity contribution is 0.130. The SMILES string of the molecule is CC(N)c1ccc(S(=O)(=O)NC2CCCCCC2O)cc1. The summed E-state index contributed by atoms with van der Waals surface area (Å²) in [4.78, 5) is 0.211. The van der Waals surface area contributed by atoms with Gasteiger partial charge in [-0.3, -0.25) is 0 Å². The van der Waals surface area contributed by atoms with Gasteiger partial charge >= 0.3 is 0 Å². The average Bonchev–Trinajstić information content (AvgIpc) is 2.64. The molecule has 3 unspecified atom stereocenters. The quantitative estimate of drug-likeness (QED) is 0.738. The van der Waals surface area contributed by atoms with Crippen molar-refractivity contribution in [2.24, 2.45) is 5.73 Å². The Kier molecular flexibility index (Phi) is 5.37. The van der Waals surface area contributed by atoms with E-state index in [0.29, 0.717) is 12.8 Å². The summed E-state index contributed by atoms with van der Waals surface area (Å²) in [6.45, 7) is 1.85. The lowest BCUT2D eigenvalue weighted by atomic mass is 10.1. The maximum atomic E-state index is 12.4. The Morgan fingerprint density at radius 1 is 1.19 bits per heavy atom. The minimum absolute atomic E-state index is 0.126. The average molecular weight is 312 g/mol. The maximum absolute atomic E-state index is 12.4. The van der Waals surface area contributed by atoms with Crippen molar-refractivity contribution in [3.8, 4) is 0 Å². The van der Waals surface area contributed by atoms with Crippen LogP contribution in [0.1, 0.15) is 50.6 Å². The molecular formula is C15H24N2O3S. The van der Waals surface area contributed by atoms with Crippen LogP contribution in [0.4, 0.5) is 0 Å². The molecular weight excluding hydrogens is 288 g/mol. The van der Waals surface area contributed by atoms with Gasteiger partial charge in [-0.1, -0.05) is 31.4 Å². The van der Waals surface area contributed by atoms with Gasteiger partial charge in [0, 0.05) is 12.1 Å². The lowest BCUT2D eigenvalue weighted by Gasteiger charge is -2.21. The molecule has 0 heterocycles. The molecule has 118 valence electrons. The summed E-state index contributed by atoms with van der Waals surface area (Å²) >= 11 is 0. The predicted octanol–water partition coefficient (Wildman–Crippen LogP) is 1.68. The van der Waals surface area contributed by atoms with Gasteiger partial charge in [-0.05, 0) is 37.5 Å². The first-order valence-corrected chi connectivity index (χ1v) is 8.94. The van der Waals surface area contributed by atoms with Crippen molar-refractivity contribution in [2.75, 3.05) is 0 Å². The molecule has 0 radical (unpaired) electrons. The van der Waals surface area contributed by atoms with Gasteiger partial charge in [0.2, 0.25) is 10.0 Å². The summed E-state index contributed by atoms with van der Waals surface area (Å²) in [6, 6.07) is 6.05. The smallest absolute Gasteiger partial charge is 0.240 e. The molecule has 4 N–H and O–H groups in total. The zero-order valence-electron chi connectivity index (χ0n) is 12.3. The van der Waals surface area contributed by atoms with Crippen molar-refractivity contribution in [2.45, 2.75) is 62.1 Å². The van der Waals surface area contributed by atoms with Crippen molar-refractivity contribution >= 4 is 10.0 Å². The van der Waals surface area contributed by atoms with Crippen LogP contribution in [0.3, 0.4) is 0 Å². The number of hydrogen-bond acceptors (Lipinski definition) is 4. The topological polar surface area (TPSA) is 92.4 Å². The summed E-state index contributed by atoms with van der Waals surface area (Å²) in [5.74, 6) is 0. The van der Waals surface area contributed by atoms with E-state index in [2.05, 4.69) is 4.72 Å². The summed E-state index contributed by atoms with van der Waals surface area (Å²) in [6.07, 6.45) is 3.65. The number of aliphatic hydroxyl groups excluding tert-OH is 1. The van der Waals surface area contributed by atoms with Crippen molar-refractivity contribution in [1.29, 1.82) is 0 Å². The Labute approximate surface area is 126 Å². The van der Waals surface area contributed by atoms with Crippen LogP contribution in [-0.2, 0) is 10.0 Å². The molecule has 5 nitrogen and oxygen atoms in total. The zero-order valence-corrected chi connectivity index (χ0v) is 13.1. The molecule has 1 saturated carbocycles. The van der Waals surface area contributed by atoms with Crippen LogP contribution in [-0.4, -0.2) is 25.7 Å². The van der Waals surface area contributed by atoms with Gasteiger partial charge < -0.3 is 10.8 Å². The third kappa shape index (κ3) is 4.26. The second-order valence-corrected chi connectivity index (χ2v) is 7.50. The third-order valence-corrected chi connectivity index (χ3v) is 5.51. The Bertz CT molecular complexity index is 555. The summed E-state index contributed by atoms with van der Waals surface area (Å²) in [5, 5.41) is 10.0. The van der Waals surface area contributed by atoms with Crippen LogP contribution in [0.2, 0.25) is 0 Å². The van der Waals surface area contributed by atoms with E-state index in [0.717, 1.165) is 24.8 Å². The Hall–Kier alpha value is -0.950. The van der Waals surface area contributed by atoms with Gasteiger partial charge in [-0.15, -0.1) is 0 Å². The number of sulfonamides is 1. The van der Waals surface area contributed by atoms with Crippen LogP contribution in [0, 0.1) is 0 Å². The minimum atomic E-state index is -3.60. The highest BCUT2D eigenvalue weighted by Crippen LogP contribution is 2.21. The van der Waals surface area contributed by atoms with Crippen LogP contribution < -0.4 is 10.5 Å². The highest BCUT2D eigenvalue weighted by molar-refractivity contribution is 7.89. The standard InChI is InChI=1S/C15H24N2O3S/c1-11(16)12-7-9-13(10-8-12)21(19,20)17-14-5-3-2-4-6-15(14)18/h7-11,14-15,17-18H,2-6,16H2,1H3. The molecule has 0 amide bonds. The third-order valence-electron chi connectivity index (χ3n) is 4.00. The van der Waals surface area contributed by atoms with Crippen LogP contribution >= 0.6 is 0 Å². The Morgan fingerprint density at radius 2 is 1.81 bits per heavy atom. The van der Waals surface area contributed by atoms with Gasteiger partial charge in [0.15, 0.2) is 0 Å². The van der Waals surface area contributed by atoms with Crippen molar-refractivity contribution in [3.05, 3.63) is 29.8 Å². The summed E-state index contributed by atoms with van der Waals surface area (Å²) in [5.41, 5.74) is 6.65. The van der Waals surface area contributed by atoms with E-state index >= 15 is 0 Å². The van der Waals surface area contributed by atoms with Crippen LogP contribution in [0.25, 0.3) is 0 Å². The number of nitrogens with two attached hydrogens (primary N) is 1.